The van der Waals surface area contributed by atoms with Crippen molar-refractivity contribution in [3.05, 3.63) is 17.7 Å². The van der Waals surface area contributed by atoms with Gasteiger partial charge in [-0.1, -0.05) is 0 Å². The Balaban J connectivity index is 2.53. The first-order chi connectivity index (χ1) is 11.3. The van der Waals surface area contributed by atoms with Gasteiger partial charge in [-0.05, 0) is 27.7 Å². The summed E-state index contributed by atoms with van der Waals surface area (Å²) in [7, 11) is 1.60. The van der Waals surface area contributed by atoms with Crippen molar-refractivity contribution in [1.29, 1.82) is 5.26 Å². The molecule has 2 N–H and O–H groups in total. The van der Waals surface area contributed by atoms with Gasteiger partial charge in [0.2, 0.25) is 5.96 Å². The largest absolute Gasteiger partial charge is 0.443 e. The third-order valence-electron chi connectivity index (χ3n) is 3.08. The van der Waals surface area contributed by atoms with E-state index in [1.807, 2.05) is 38.5 Å². The summed E-state index contributed by atoms with van der Waals surface area (Å²) in [5.74, 6) is 1.44. The highest BCUT2D eigenvalue weighted by Gasteiger charge is 2.23. The number of imidazole rings is 1. The number of guanidine groups is 1. The predicted octanol–water partition coefficient (Wildman–Crippen LogP) is 1.58. The molecule has 1 heterocycles. The molecule has 0 aliphatic rings. The van der Waals surface area contributed by atoms with Gasteiger partial charge in [0.1, 0.15) is 0 Å². The van der Waals surface area contributed by atoms with Crippen molar-refractivity contribution in [2.45, 2.75) is 40.2 Å². The summed E-state index contributed by atoms with van der Waals surface area (Å²) >= 11 is 1.61. The van der Waals surface area contributed by atoms with Gasteiger partial charge in [-0.3, -0.25) is 19.7 Å². The van der Waals surface area contributed by atoms with Crippen LogP contribution in [0.5, 0.6) is 0 Å². The molecule has 0 aliphatic carbocycles. The molecular formula is C15H24N6O2S. The molecule has 24 heavy (non-hydrogen) atoms. The van der Waals surface area contributed by atoms with E-state index in [1.165, 1.54) is 0 Å². The molecule has 132 valence electrons. The summed E-state index contributed by atoms with van der Waals surface area (Å²) in [5, 5.41) is 14.0. The lowest BCUT2D eigenvalue weighted by molar-refractivity contribution is -0.157. The summed E-state index contributed by atoms with van der Waals surface area (Å²) in [6, 6.07) is 0. The first kappa shape index (κ1) is 19.8. The maximum absolute atomic E-state index is 11.9. The molecule has 8 nitrogen and oxygen atoms in total. The van der Waals surface area contributed by atoms with Crippen molar-refractivity contribution in [3.8, 4) is 6.19 Å². The van der Waals surface area contributed by atoms with Crippen LogP contribution in [0, 0.1) is 23.8 Å². The number of aliphatic imine (C=N–C) groups is 1. The highest BCUT2D eigenvalue weighted by atomic mass is 32.2. The topological polar surface area (TPSA) is 104 Å². The molecule has 0 aromatic carbocycles. The first-order valence-corrected chi connectivity index (χ1v) is 8.56. The molecule has 0 fully saturated rings. The van der Waals surface area contributed by atoms with E-state index in [2.05, 4.69) is 20.6 Å². The van der Waals surface area contributed by atoms with Crippen LogP contribution in [-0.4, -0.2) is 34.4 Å². The van der Waals surface area contributed by atoms with Gasteiger partial charge in [0.05, 0.1) is 29.0 Å². The zero-order valence-corrected chi connectivity index (χ0v) is 15.5. The number of hydrogen-bond acceptors (Lipinski definition) is 6. The van der Waals surface area contributed by atoms with Crippen LogP contribution in [0.25, 0.3) is 0 Å². The van der Waals surface area contributed by atoms with Gasteiger partial charge in [-0.2, -0.15) is 5.26 Å². The Hall–Kier alpha value is -2.21. The second-order valence-corrected chi connectivity index (χ2v) is 7.02. The molecule has 0 saturated carbocycles. The average Bonchev–Trinajstić information content (AvgIpc) is 2.87. The number of carbonyl (C=O) groups excluding carboxylic acids is 1. The van der Waals surface area contributed by atoms with Gasteiger partial charge in [0.15, 0.2) is 12.9 Å². The molecule has 9 heteroatoms. The normalized spacial score (nSPS) is 11.8. The molecule has 1 aromatic rings. The number of nitrogens with one attached hydrogen (secondary N) is 2. The lowest BCUT2D eigenvalue weighted by Crippen LogP contribution is -2.34. The molecule has 1 aromatic heterocycles. The quantitative estimate of drug-likeness (QED) is 0.152. The van der Waals surface area contributed by atoms with Gasteiger partial charge >= 0.3 is 5.97 Å². The number of rotatable bonds is 6. The van der Waals surface area contributed by atoms with Gasteiger partial charge < -0.3 is 10.1 Å². The maximum Gasteiger partial charge on any atom is 0.312 e. The van der Waals surface area contributed by atoms with Crippen LogP contribution in [0.15, 0.2) is 11.3 Å². The molecule has 1 rings (SSSR count). The number of carbonyl (C=O) groups is 1. The van der Waals surface area contributed by atoms with Crippen molar-refractivity contribution in [2.24, 2.45) is 10.4 Å². The molecule has 0 bridgehead atoms. The van der Waals surface area contributed by atoms with Crippen LogP contribution in [0.1, 0.15) is 32.2 Å². The maximum atomic E-state index is 11.9. The van der Waals surface area contributed by atoms with Gasteiger partial charge in [0, 0.05) is 12.8 Å². The van der Waals surface area contributed by atoms with Crippen molar-refractivity contribution in [1.82, 2.24) is 20.2 Å². The van der Waals surface area contributed by atoms with Crippen molar-refractivity contribution in [3.63, 3.8) is 0 Å². The van der Waals surface area contributed by atoms with E-state index >= 15 is 0 Å². The summed E-state index contributed by atoms with van der Waals surface area (Å²) in [6.45, 7) is 7.52. The molecule has 0 amide bonds. The third-order valence-corrected chi connectivity index (χ3v) is 3.91. The summed E-state index contributed by atoms with van der Waals surface area (Å²) in [4.78, 5) is 20.0. The fourth-order valence-electron chi connectivity index (χ4n) is 1.65. The third kappa shape index (κ3) is 6.12. The number of aryl methyl sites for hydroxylation is 1. The fourth-order valence-corrected chi connectivity index (χ4v) is 2.56. The zero-order chi connectivity index (χ0) is 18.2. The minimum absolute atomic E-state index is 0.151. The Morgan fingerprint density at radius 3 is 2.83 bits per heavy atom. The van der Waals surface area contributed by atoms with E-state index in [1.54, 1.807) is 25.1 Å². The Morgan fingerprint density at radius 1 is 1.54 bits per heavy atom. The average molecular weight is 352 g/mol. The predicted molar refractivity (Wildman–Crippen MR) is 93.9 cm³/mol. The van der Waals surface area contributed by atoms with Gasteiger partial charge in [-0.15, -0.1) is 11.8 Å². The molecule has 0 radical (unpaired) electrons. The van der Waals surface area contributed by atoms with E-state index in [9.17, 15) is 4.79 Å². The van der Waals surface area contributed by atoms with Crippen LogP contribution < -0.4 is 10.6 Å². The number of ether oxygens (including phenoxy) is 1. The Bertz CT molecular complexity index is 627. The van der Waals surface area contributed by atoms with Crippen LogP contribution >= 0.6 is 11.8 Å². The molecule has 0 aliphatic heterocycles. The molecule has 0 atom stereocenters. The van der Waals surface area contributed by atoms with Crippen molar-refractivity contribution in [2.75, 3.05) is 12.9 Å². The number of nitrogens with zero attached hydrogens (tertiary/aromatic N) is 4. The number of nitriles is 1. The monoisotopic (exact) mass is 352 g/mol. The van der Waals surface area contributed by atoms with Crippen LogP contribution in [0.4, 0.5) is 0 Å². The molecule has 0 spiro atoms. The number of esters is 1. The summed E-state index contributed by atoms with van der Waals surface area (Å²) in [6.07, 6.45) is 3.49. The second kappa shape index (κ2) is 9.17. The van der Waals surface area contributed by atoms with Crippen LogP contribution in [0.2, 0.25) is 0 Å². The lowest BCUT2D eigenvalue weighted by Gasteiger charge is -2.17. The number of thioether (sulfide) groups is 1. The van der Waals surface area contributed by atoms with Crippen LogP contribution in [0.3, 0.4) is 0 Å². The summed E-state index contributed by atoms with van der Waals surface area (Å²) in [5.41, 5.74) is 1.36. The van der Waals surface area contributed by atoms with Crippen molar-refractivity contribution >= 4 is 23.7 Å². The SMILES string of the molecule is CN=C(NC#N)NCSCc1c(C)ncn1COC(=O)C(C)(C)C. The zero-order valence-electron chi connectivity index (χ0n) is 14.7. The standard InChI is InChI=1S/C15H24N6O2S/c1-11-12(6-24-9-20-14(17-5)18-7-16)21(8-19-11)10-23-13(22)15(2,3)4/h8H,6,9-10H2,1-5H3,(H2,17,18,20). The second-order valence-electron chi connectivity index (χ2n) is 6.04. The first-order valence-electron chi connectivity index (χ1n) is 7.41. The Morgan fingerprint density at radius 2 is 2.25 bits per heavy atom. The minimum Gasteiger partial charge on any atom is -0.443 e. The van der Waals surface area contributed by atoms with Gasteiger partial charge in [-0.25, -0.2) is 4.98 Å². The molecule has 0 saturated heterocycles. The smallest absolute Gasteiger partial charge is 0.312 e. The number of aromatic nitrogens is 2. The van der Waals surface area contributed by atoms with Gasteiger partial charge in [0.25, 0.3) is 0 Å². The Labute approximate surface area is 146 Å². The van der Waals surface area contributed by atoms with Crippen molar-refractivity contribution < 1.29 is 9.53 Å². The summed E-state index contributed by atoms with van der Waals surface area (Å²) < 4.78 is 7.16. The van der Waals surface area contributed by atoms with E-state index in [4.69, 9.17) is 10.00 Å². The highest BCUT2D eigenvalue weighted by Crippen LogP contribution is 2.18. The minimum atomic E-state index is -0.530. The fraction of sp³-hybridized carbons (Fsp3) is 0.600. The highest BCUT2D eigenvalue weighted by molar-refractivity contribution is 7.98. The molecule has 0 unspecified atom stereocenters. The lowest BCUT2D eigenvalue weighted by atomic mass is 9.98. The van der Waals surface area contributed by atoms with Crippen LogP contribution in [-0.2, 0) is 22.0 Å². The van der Waals surface area contributed by atoms with E-state index in [0.717, 1.165) is 11.4 Å². The Kier molecular flexibility index (Phi) is 7.58. The van der Waals surface area contributed by atoms with E-state index < -0.39 is 5.41 Å². The molecular weight excluding hydrogens is 328 g/mol. The van der Waals surface area contributed by atoms with E-state index in [-0.39, 0.29) is 12.7 Å². The van der Waals surface area contributed by atoms with E-state index in [0.29, 0.717) is 17.6 Å². The number of hydrogen-bond donors (Lipinski definition) is 2.